The van der Waals surface area contributed by atoms with Crippen LogP contribution in [0.2, 0.25) is 0 Å². The van der Waals surface area contributed by atoms with Crippen LogP contribution in [-0.2, 0) is 20.9 Å². The molecular weight excluding hydrogens is 518 g/mol. The van der Waals surface area contributed by atoms with E-state index in [-0.39, 0.29) is 31.0 Å². The maximum absolute atomic E-state index is 11.6. The van der Waals surface area contributed by atoms with Gasteiger partial charge in [-0.1, -0.05) is 67.5 Å². The van der Waals surface area contributed by atoms with Crippen LogP contribution in [0.4, 0.5) is 0 Å². The largest absolute Gasteiger partial charge is 0.481 e. The highest BCUT2D eigenvalue weighted by Crippen LogP contribution is 2.32. The minimum Gasteiger partial charge on any atom is -0.481 e. The molecule has 0 radical (unpaired) electrons. The molecule has 2 aromatic carbocycles. The lowest BCUT2D eigenvalue weighted by atomic mass is 9.99. The first-order chi connectivity index (χ1) is 18.5. The molecule has 0 aromatic heterocycles. The minimum absolute atomic E-state index is 0. The molecule has 39 heavy (non-hydrogen) atoms. The lowest BCUT2D eigenvalue weighted by Gasteiger charge is -2.33. The third kappa shape index (κ3) is 8.90. The van der Waals surface area contributed by atoms with Crippen LogP contribution in [0.1, 0.15) is 67.3 Å². The molecule has 1 saturated heterocycles. The number of rotatable bonds is 12. The van der Waals surface area contributed by atoms with Crippen molar-refractivity contribution in [1.82, 2.24) is 4.90 Å². The minimum atomic E-state index is -0.934. The zero-order valence-electron chi connectivity index (χ0n) is 22.4. The zero-order valence-corrected chi connectivity index (χ0v) is 23.2. The van der Waals surface area contributed by atoms with Gasteiger partial charge < -0.3 is 19.7 Å². The van der Waals surface area contributed by atoms with Crippen LogP contribution in [0.25, 0.3) is 11.1 Å². The van der Waals surface area contributed by atoms with Crippen LogP contribution in [-0.4, -0.2) is 65.0 Å². The number of hydrogen-bond acceptors (Lipinski definition) is 5. The predicted molar refractivity (Wildman–Crippen MR) is 153 cm³/mol. The summed E-state index contributed by atoms with van der Waals surface area (Å²) in [5, 5.41) is 18.3. The van der Waals surface area contributed by atoms with Crippen LogP contribution >= 0.6 is 12.4 Å². The summed E-state index contributed by atoms with van der Waals surface area (Å²) >= 11 is 0. The fourth-order valence-electron chi connectivity index (χ4n) is 5.59. The smallest absolute Gasteiger partial charge is 0.336 e. The summed E-state index contributed by atoms with van der Waals surface area (Å²) < 4.78 is 12.8. The van der Waals surface area contributed by atoms with Gasteiger partial charge in [-0.05, 0) is 68.0 Å². The van der Waals surface area contributed by atoms with Gasteiger partial charge in [-0.2, -0.15) is 0 Å². The average molecular weight is 558 g/mol. The number of likely N-dealkylation sites (tertiary alicyclic amines) is 1. The summed E-state index contributed by atoms with van der Waals surface area (Å²) in [6, 6.07) is 15.3. The Morgan fingerprint density at radius 1 is 0.897 bits per heavy atom. The van der Waals surface area contributed by atoms with Gasteiger partial charge in [-0.3, -0.25) is 9.69 Å². The summed E-state index contributed by atoms with van der Waals surface area (Å²) in [6.07, 6.45) is 11.4. The molecule has 212 valence electrons. The van der Waals surface area contributed by atoms with E-state index in [1.807, 2.05) is 48.6 Å². The SMILES string of the molecule is Cl.O=C(O)CC/C=C\CO[C@@H]1[C@@H](OCc2ccc(-c3ccccc3C(=O)O)cc2)CC[C@H]1N1CCCCCC1. The van der Waals surface area contributed by atoms with Gasteiger partial charge in [-0.25, -0.2) is 4.79 Å². The molecule has 1 aliphatic carbocycles. The highest BCUT2D eigenvalue weighted by Gasteiger charge is 2.40. The lowest BCUT2D eigenvalue weighted by Crippen LogP contribution is -2.45. The fourth-order valence-corrected chi connectivity index (χ4v) is 5.59. The Morgan fingerprint density at radius 2 is 1.62 bits per heavy atom. The number of ether oxygens (including phenoxy) is 2. The number of allylic oxidation sites excluding steroid dienone is 1. The molecule has 7 nitrogen and oxygen atoms in total. The van der Waals surface area contributed by atoms with E-state index < -0.39 is 11.9 Å². The van der Waals surface area contributed by atoms with Crippen molar-refractivity contribution in [3.05, 3.63) is 71.8 Å². The number of hydrogen-bond donors (Lipinski definition) is 2. The summed E-state index contributed by atoms with van der Waals surface area (Å²) in [5.74, 6) is -1.73. The van der Waals surface area contributed by atoms with Gasteiger partial charge in [0.15, 0.2) is 0 Å². The molecule has 1 saturated carbocycles. The second-order valence-corrected chi connectivity index (χ2v) is 10.2. The normalized spacial score (nSPS) is 21.9. The van der Waals surface area contributed by atoms with Gasteiger partial charge in [0.25, 0.3) is 0 Å². The van der Waals surface area contributed by atoms with Crippen LogP contribution < -0.4 is 0 Å². The van der Waals surface area contributed by atoms with Crippen molar-refractivity contribution in [1.29, 1.82) is 0 Å². The Bertz CT molecular complexity index is 1080. The van der Waals surface area contributed by atoms with Gasteiger partial charge in [-0.15, -0.1) is 12.4 Å². The van der Waals surface area contributed by atoms with Crippen molar-refractivity contribution in [3.63, 3.8) is 0 Å². The van der Waals surface area contributed by atoms with Gasteiger partial charge >= 0.3 is 11.9 Å². The number of halogens is 1. The quantitative estimate of drug-likeness (QED) is 0.300. The Labute approximate surface area is 237 Å². The van der Waals surface area contributed by atoms with Gasteiger partial charge in [0.05, 0.1) is 31.0 Å². The second kappa shape index (κ2) is 15.8. The Kier molecular flexibility index (Phi) is 12.5. The molecule has 2 aliphatic rings. The molecule has 2 N–H and O–H groups in total. The molecule has 3 atom stereocenters. The van der Waals surface area contributed by atoms with E-state index in [0.29, 0.717) is 36.8 Å². The Balaban J connectivity index is 0.00000420. The van der Waals surface area contributed by atoms with Crippen LogP contribution in [0.3, 0.4) is 0 Å². The summed E-state index contributed by atoms with van der Waals surface area (Å²) in [6.45, 7) is 3.12. The highest BCUT2D eigenvalue weighted by molar-refractivity contribution is 5.96. The van der Waals surface area contributed by atoms with Gasteiger partial charge in [0.2, 0.25) is 0 Å². The molecule has 1 heterocycles. The summed E-state index contributed by atoms with van der Waals surface area (Å²) in [5.41, 5.74) is 2.89. The molecule has 0 unspecified atom stereocenters. The number of carbonyl (C=O) groups is 2. The molecule has 8 heteroatoms. The van der Waals surface area contributed by atoms with E-state index in [0.717, 1.165) is 37.1 Å². The molecule has 4 rings (SSSR count). The van der Waals surface area contributed by atoms with Crippen molar-refractivity contribution in [2.45, 2.75) is 76.2 Å². The van der Waals surface area contributed by atoms with Crippen molar-refractivity contribution >= 4 is 24.3 Å². The number of benzene rings is 2. The molecular formula is C31H40ClNO6. The third-order valence-electron chi connectivity index (χ3n) is 7.57. The van der Waals surface area contributed by atoms with Gasteiger partial charge in [0, 0.05) is 12.5 Å². The standard InChI is InChI=1S/C31H39NO6.ClH/c33-29(34)12-4-3-9-21-37-30-27(32-19-7-1-2-8-20-32)17-18-28(30)38-22-23-13-15-24(16-14-23)25-10-5-6-11-26(25)31(35)36;/h3,5-6,9-11,13-16,27-28,30H,1-2,4,7-8,12,17-22H2,(H,33,34)(H,35,36);1H/b9-3-;/t27-,28+,30+;/m1./s1. The predicted octanol–water partition coefficient (Wildman–Crippen LogP) is 6.20. The van der Waals surface area contributed by atoms with Crippen molar-refractivity contribution < 1.29 is 29.3 Å². The molecule has 0 spiro atoms. The highest BCUT2D eigenvalue weighted by atomic mass is 35.5. The average Bonchev–Trinajstić information content (AvgIpc) is 3.12. The molecule has 0 amide bonds. The maximum Gasteiger partial charge on any atom is 0.336 e. The summed E-state index contributed by atoms with van der Waals surface area (Å²) in [4.78, 5) is 24.9. The monoisotopic (exact) mass is 557 g/mol. The van der Waals surface area contributed by atoms with Crippen LogP contribution in [0.5, 0.6) is 0 Å². The zero-order chi connectivity index (χ0) is 26.7. The number of aromatic carboxylic acids is 1. The van der Waals surface area contributed by atoms with E-state index in [9.17, 15) is 14.7 Å². The van der Waals surface area contributed by atoms with E-state index >= 15 is 0 Å². The van der Waals surface area contributed by atoms with E-state index in [1.54, 1.807) is 12.1 Å². The number of carboxylic acid groups (broad SMARTS) is 2. The van der Waals surface area contributed by atoms with E-state index in [1.165, 1.54) is 25.7 Å². The summed E-state index contributed by atoms with van der Waals surface area (Å²) in [7, 11) is 0. The van der Waals surface area contributed by atoms with Crippen molar-refractivity contribution in [2.24, 2.45) is 0 Å². The Morgan fingerprint density at radius 3 is 2.31 bits per heavy atom. The van der Waals surface area contributed by atoms with Gasteiger partial charge in [0.1, 0.15) is 0 Å². The molecule has 1 aliphatic heterocycles. The first kappa shape index (κ1) is 30.8. The maximum atomic E-state index is 11.6. The fraction of sp³-hybridized carbons (Fsp3) is 0.484. The third-order valence-corrected chi connectivity index (χ3v) is 7.57. The van der Waals surface area contributed by atoms with Crippen LogP contribution in [0.15, 0.2) is 60.7 Å². The molecule has 2 fully saturated rings. The first-order valence-corrected chi connectivity index (χ1v) is 13.8. The molecule has 0 bridgehead atoms. The Hall–Kier alpha value is -2.71. The molecule has 2 aromatic rings. The second-order valence-electron chi connectivity index (χ2n) is 10.2. The number of aliphatic carboxylic acids is 1. The topological polar surface area (TPSA) is 96.3 Å². The number of nitrogens with zero attached hydrogens (tertiary/aromatic N) is 1. The van der Waals surface area contributed by atoms with Crippen LogP contribution in [0, 0.1) is 0 Å². The van der Waals surface area contributed by atoms with E-state index in [4.69, 9.17) is 14.6 Å². The lowest BCUT2D eigenvalue weighted by molar-refractivity contribution is -0.136. The number of carboxylic acids is 2. The van der Waals surface area contributed by atoms with E-state index in [2.05, 4.69) is 4.90 Å². The van der Waals surface area contributed by atoms with Crippen molar-refractivity contribution in [2.75, 3.05) is 19.7 Å². The van der Waals surface area contributed by atoms with Crippen molar-refractivity contribution in [3.8, 4) is 11.1 Å². The first-order valence-electron chi connectivity index (χ1n) is 13.8.